The van der Waals surface area contributed by atoms with Gasteiger partial charge in [-0.15, -0.1) is 0 Å². The maximum atomic E-state index is 9.95. The molecule has 2 nitrogen and oxygen atoms in total. The molecule has 0 aromatic rings. The lowest BCUT2D eigenvalue weighted by molar-refractivity contribution is -0.0609. The Balaban J connectivity index is 1.77. The molecule has 0 amide bonds. The van der Waals surface area contributed by atoms with Gasteiger partial charge in [0, 0.05) is 0 Å². The van der Waals surface area contributed by atoms with E-state index in [1.54, 1.807) is 0 Å². The van der Waals surface area contributed by atoms with Gasteiger partial charge in [0.15, 0.2) is 0 Å². The van der Waals surface area contributed by atoms with Crippen LogP contribution in [0.3, 0.4) is 0 Å². The van der Waals surface area contributed by atoms with Gasteiger partial charge in [-0.3, -0.25) is 0 Å². The molecule has 3 fully saturated rings. The third-order valence-electron chi connectivity index (χ3n) is 8.05. The number of aliphatic hydroxyl groups is 2. The van der Waals surface area contributed by atoms with Crippen molar-refractivity contribution in [1.82, 2.24) is 0 Å². The highest BCUT2D eigenvalue weighted by Crippen LogP contribution is 2.56. The van der Waals surface area contributed by atoms with Gasteiger partial charge in [-0.05, 0) is 93.3 Å². The van der Waals surface area contributed by atoms with Crippen molar-refractivity contribution in [3.05, 3.63) is 0 Å². The van der Waals surface area contributed by atoms with Gasteiger partial charge in [0.2, 0.25) is 0 Å². The second-order valence-electron chi connectivity index (χ2n) is 9.33. The first-order valence-corrected chi connectivity index (χ1v) is 10.4. The molecule has 3 aliphatic carbocycles. The average Bonchev–Trinajstić information content (AvgIpc) is 2.56. The highest BCUT2D eigenvalue weighted by Gasteiger charge is 2.48. The van der Waals surface area contributed by atoms with Crippen molar-refractivity contribution in [1.29, 1.82) is 0 Å². The molecule has 0 saturated heterocycles. The first kappa shape index (κ1) is 17.7. The molecule has 2 N–H and O–H groups in total. The quantitative estimate of drug-likeness (QED) is 0.774. The second-order valence-corrected chi connectivity index (χ2v) is 9.33. The summed E-state index contributed by atoms with van der Waals surface area (Å²) in [5.74, 6) is 3.38. The molecule has 2 heteroatoms. The number of hydrogen-bond donors (Lipinski definition) is 2. The molecule has 0 radical (unpaired) electrons. The largest absolute Gasteiger partial charge is 0.393 e. The van der Waals surface area contributed by atoms with E-state index in [4.69, 9.17) is 0 Å². The normalized spacial score (nSPS) is 45.4. The standard InChI is InChI=1S/C21H38O2/c1-15-3-5-16(6-4-15)21(2,17-7-11-19(22)12-8-17)18-9-13-20(23)14-10-18/h15-20,22-23H,3-14H2,1-2H3. The lowest BCUT2D eigenvalue weighted by Gasteiger charge is -2.54. The molecule has 3 saturated carbocycles. The summed E-state index contributed by atoms with van der Waals surface area (Å²) >= 11 is 0. The predicted octanol–water partition coefficient (Wildman–Crippen LogP) is 4.92. The summed E-state index contributed by atoms with van der Waals surface area (Å²) in [4.78, 5) is 0. The molecule has 0 bridgehead atoms. The van der Waals surface area contributed by atoms with E-state index in [2.05, 4.69) is 13.8 Å². The van der Waals surface area contributed by atoms with Gasteiger partial charge in [-0.2, -0.15) is 0 Å². The Hall–Kier alpha value is -0.0800. The molecule has 134 valence electrons. The molecule has 0 unspecified atom stereocenters. The van der Waals surface area contributed by atoms with Crippen molar-refractivity contribution in [3.63, 3.8) is 0 Å². The van der Waals surface area contributed by atoms with Crippen LogP contribution in [0.2, 0.25) is 0 Å². The Morgan fingerprint density at radius 1 is 0.565 bits per heavy atom. The van der Waals surface area contributed by atoms with Crippen LogP contribution in [-0.4, -0.2) is 22.4 Å². The number of aliphatic hydroxyl groups excluding tert-OH is 2. The zero-order valence-electron chi connectivity index (χ0n) is 15.3. The van der Waals surface area contributed by atoms with Crippen LogP contribution in [-0.2, 0) is 0 Å². The predicted molar refractivity (Wildman–Crippen MR) is 95.2 cm³/mol. The van der Waals surface area contributed by atoms with Crippen LogP contribution in [0.25, 0.3) is 0 Å². The molecule has 0 aliphatic heterocycles. The lowest BCUT2D eigenvalue weighted by atomic mass is 9.52. The summed E-state index contributed by atoms with van der Waals surface area (Å²) in [5, 5.41) is 19.9. The van der Waals surface area contributed by atoms with Gasteiger partial charge in [0.1, 0.15) is 0 Å². The first-order valence-electron chi connectivity index (χ1n) is 10.4. The van der Waals surface area contributed by atoms with Crippen molar-refractivity contribution in [2.75, 3.05) is 0 Å². The van der Waals surface area contributed by atoms with E-state index in [0.29, 0.717) is 5.41 Å². The summed E-state index contributed by atoms with van der Waals surface area (Å²) in [6.45, 7) is 5.03. The van der Waals surface area contributed by atoms with Crippen LogP contribution in [0.5, 0.6) is 0 Å². The van der Waals surface area contributed by atoms with Crippen molar-refractivity contribution in [2.45, 2.75) is 103 Å². The van der Waals surface area contributed by atoms with Crippen molar-refractivity contribution in [2.24, 2.45) is 29.1 Å². The van der Waals surface area contributed by atoms with Gasteiger partial charge in [-0.25, -0.2) is 0 Å². The molecular weight excluding hydrogens is 284 g/mol. The van der Waals surface area contributed by atoms with E-state index >= 15 is 0 Å². The molecule has 23 heavy (non-hydrogen) atoms. The van der Waals surface area contributed by atoms with Gasteiger partial charge < -0.3 is 10.2 Å². The van der Waals surface area contributed by atoms with Gasteiger partial charge >= 0.3 is 0 Å². The fraction of sp³-hybridized carbons (Fsp3) is 1.00. The zero-order chi connectivity index (χ0) is 16.4. The van der Waals surface area contributed by atoms with E-state index < -0.39 is 0 Å². The minimum absolute atomic E-state index is 0.0462. The van der Waals surface area contributed by atoms with Gasteiger partial charge in [0.05, 0.1) is 12.2 Å². The third kappa shape index (κ3) is 3.79. The maximum absolute atomic E-state index is 9.95. The Morgan fingerprint density at radius 2 is 0.870 bits per heavy atom. The molecule has 3 aliphatic rings. The minimum Gasteiger partial charge on any atom is -0.393 e. The Kier molecular flexibility index (Phi) is 5.73. The third-order valence-corrected chi connectivity index (χ3v) is 8.05. The summed E-state index contributed by atoms with van der Waals surface area (Å²) in [5.41, 5.74) is 0.445. The van der Waals surface area contributed by atoms with Crippen LogP contribution in [0.15, 0.2) is 0 Å². The molecule has 0 heterocycles. The molecule has 0 spiro atoms. The summed E-state index contributed by atoms with van der Waals surface area (Å²) in [6, 6.07) is 0. The first-order chi connectivity index (χ1) is 11.0. The second kappa shape index (κ2) is 7.44. The summed E-state index contributed by atoms with van der Waals surface area (Å²) < 4.78 is 0. The van der Waals surface area contributed by atoms with Crippen molar-refractivity contribution in [3.8, 4) is 0 Å². The highest BCUT2D eigenvalue weighted by molar-refractivity contribution is 4.98. The van der Waals surface area contributed by atoms with Crippen LogP contribution in [0, 0.1) is 29.1 Å². The molecule has 0 atom stereocenters. The van der Waals surface area contributed by atoms with Crippen LogP contribution < -0.4 is 0 Å². The van der Waals surface area contributed by atoms with Gasteiger partial charge in [0.25, 0.3) is 0 Å². The van der Waals surface area contributed by atoms with Gasteiger partial charge in [-0.1, -0.05) is 26.7 Å². The Bertz CT molecular complexity index is 301. The summed E-state index contributed by atoms with van der Waals surface area (Å²) in [6.07, 6.45) is 14.5. The Morgan fingerprint density at radius 3 is 1.22 bits per heavy atom. The molecular formula is C21H38O2. The topological polar surface area (TPSA) is 40.5 Å². The van der Waals surface area contributed by atoms with E-state index in [-0.39, 0.29) is 12.2 Å². The van der Waals surface area contributed by atoms with Crippen molar-refractivity contribution < 1.29 is 10.2 Å². The molecule has 0 aromatic carbocycles. The smallest absolute Gasteiger partial charge is 0.0540 e. The number of rotatable bonds is 3. The highest BCUT2D eigenvalue weighted by atomic mass is 16.3. The minimum atomic E-state index is -0.0462. The van der Waals surface area contributed by atoms with E-state index in [0.717, 1.165) is 49.4 Å². The number of hydrogen-bond acceptors (Lipinski definition) is 2. The fourth-order valence-electron chi connectivity index (χ4n) is 6.28. The van der Waals surface area contributed by atoms with Crippen LogP contribution in [0.1, 0.15) is 90.9 Å². The maximum Gasteiger partial charge on any atom is 0.0540 e. The summed E-state index contributed by atoms with van der Waals surface area (Å²) in [7, 11) is 0. The molecule has 0 aromatic heterocycles. The van der Waals surface area contributed by atoms with E-state index in [1.807, 2.05) is 0 Å². The SMILES string of the molecule is CC1CCC(C(C)(C2CCC(O)CC2)C2CCC(O)CC2)CC1. The van der Waals surface area contributed by atoms with Crippen LogP contribution in [0.4, 0.5) is 0 Å². The van der Waals surface area contributed by atoms with Crippen LogP contribution >= 0.6 is 0 Å². The van der Waals surface area contributed by atoms with E-state index in [9.17, 15) is 10.2 Å². The lowest BCUT2D eigenvalue weighted by Crippen LogP contribution is -2.46. The van der Waals surface area contributed by atoms with E-state index in [1.165, 1.54) is 51.4 Å². The Labute approximate surface area is 143 Å². The monoisotopic (exact) mass is 322 g/mol. The van der Waals surface area contributed by atoms with Crippen molar-refractivity contribution >= 4 is 0 Å². The average molecular weight is 323 g/mol. The fourth-order valence-corrected chi connectivity index (χ4v) is 6.28. The molecule has 3 rings (SSSR count). The zero-order valence-corrected chi connectivity index (χ0v) is 15.3.